The van der Waals surface area contributed by atoms with Gasteiger partial charge in [0.05, 0.1) is 17.8 Å². The highest BCUT2D eigenvalue weighted by molar-refractivity contribution is 6.20. The Morgan fingerprint density at radius 3 is 2.33 bits per heavy atom. The predicted octanol–water partition coefficient (Wildman–Crippen LogP) is 3.06. The summed E-state index contributed by atoms with van der Waals surface area (Å²) in [5, 5.41) is 16.8. The highest BCUT2D eigenvalue weighted by atomic mass is 16.3. The fourth-order valence-corrected chi connectivity index (χ4v) is 3.68. The molecule has 3 amide bonds. The van der Waals surface area contributed by atoms with Crippen LogP contribution in [0.2, 0.25) is 0 Å². The van der Waals surface area contributed by atoms with Crippen LogP contribution < -0.4 is 10.6 Å². The monoisotopic (exact) mass is 450 g/mol. The van der Waals surface area contributed by atoms with Gasteiger partial charge in [-0.25, -0.2) is 0 Å². The summed E-state index contributed by atoms with van der Waals surface area (Å²) in [6.45, 7) is 4.11. The Balaban J connectivity index is 1.97. The smallest absolute Gasteiger partial charge is 0.279 e. The Hall–Kier alpha value is -3.81. The minimum Gasteiger partial charge on any atom is -0.505 e. The van der Waals surface area contributed by atoms with Gasteiger partial charge in [-0.05, 0) is 31.0 Å². The van der Waals surface area contributed by atoms with Crippen LogP contribution in [-0.4, -0.2) is 52.8 Å². The first-order valence-corrected chi connectivity index (χ1v) is 11.0. The molecule has 3 rings (SSSR count). The van der Waals surface area contributed by atoms with Crippen LogP contribution in [0.5, 0.6) is 5.75 Å². The molecule has 1 atom stereocenters. The summed E-state index contributed by atoms with van der Waals surface area (Å²) in [5.41, 5.74) is 1.28. The third-order valence-electron chi connectivity index (χ3n) is 5.40. The largest absolute Gasteiger partial charge is 0.505 e. The van der Waals surface area contributed by atoms with Gasteiger partial charge in [-0.15, -0.1) is 0 Å². The average molecular weight is 451 g/mol. The van der Waals surface area contributed by atoms with Gasteiger partial charge in [0.2, 0.25) is 0 Å². The Kier molecular flexibility index (Phi) is 7.37. The molecule has 1 aliphatic heterocycles. The van der Waals surface area contributed by atoms with Gasteiger partial charge < -0.3 is 20.6 Å². The summed E-state index contributed by atoms with van der Waals surface area (Å²) < 4.78 is 0. The number of phenols is 1. The second kappa shape index (κ2) is 10.2. The number of rotatable bonds is 9. The molecule has 174 valence electrons. The molecule has 0 spiro atoms. The standard InChI is InChI=1S/C25H30N4O4/c1-5-10-16(2)26-20-21(25(33)29(24(20)32)15-17-11-7-6-8-12-17)27-19-14-9-13-18(22(19)30)23(31)28(3)4/h6-9,11-14,16,26-27,30H,5,10,15H2,1-4H3. The van der Waals surface area contributed by atoms with E-state index in [0.717, 1.165) is 18.4 Å². The van der Waals surface area contributed by atoms with Crippen LogP contribution in [0.4, 0.5) is 5.69 Å². The molecule has 1 aliphatic rings. The number of para-hydroxylation sites is 1. The zero-order valence-electron chi connectivity index (χ0n) is 19.4. The molecule has 0 radical (unpaired) electrons. The Morgan fingerprint density at radius 2 is 1.70 bits per heavy atom. The second-order valence-corrected chi connectivity index (χ2v) is 8.29. The number of carbonyl (C=O) groups is 3. The van der Waals surface area contributed by atoms with Gasteiger partial charge in [0.15, 0.2) is 5.75 Å². The van der Waals surface area contributed by atoms with E-state index in [1.54, 1.807) is 26.2 Å². The fourth-order valence-electron chi connectivity index (χ4n) is 3.68. The van der Waals surface area contributed by atoms with Gasteiger partial charge in [-0.1, -0.05) is 49.7 Å². The van der Waals surface area contributed by atoms with Crippen LogP contribution in [0, 0.1) is 0 Å². The van der Waals surface area contributed by atoms with Gasteiger partial charge in [0.1, 0.15) is 11.4 Å². The third kappa shape index (κ3) is 5.16. The van der Waals surface area contributed by atoms with Gasteiger partial charge >= 0.3 is 0 Å². The molecule has 0 fully saturated rings. The molecule has 0 bridgehead atoms. The molecular formula is C25H30N4O4. The van der Waals surface area contributed by atoms with Crippen molar-refractivity contribution in [2.75, 3.05) is 19.4 Å². The first-order valence-electron chi connectivity index (χ1n) is 11.0. The number of carbonyl (C=O) groups excluding carboxylic acids is 3. The van der Waals surface area contributed by atoms with E-state index in [-0.39, 0.29) is 46.9 Å². The minimum absolute atomic E-state index is 0.0366. The molecule has 8 heteroatoms. The summed E-state index contributed by atoms with van der Waals surface area (Å²) in [4.78, 5) is 41.4. The molecule has 0 aromatic heterocycles. The van der Waals surface area contributed by atoms with Gasteiger partial charge in [-0.3, -0.25) is 19.3 Å². The van der Waals surface area contributed by atoms with E-state index in [1.165, 1.54) is 15.9 Å². The number of amides is 3. The summed E-state index contributed by atoms with van der Waals surface area (Å²) in [7, 11) is 3.17. The van der Waals surface area contributed by atoms with E-state index in [1.807, 2.05) is 44.2 Å². The van der Waals surface area contributed by atoms with E-state index in [0.29, 0.717) is 0 Å². The van der Waals surface area contributed by atoms with E-state index >= 15 is 0 Å². The lowest BCUT2D eigenvalue weighted by atomic mass is 10.1. The molecule has 33 heavy (non-hydrogen) atoms. The summed E-state index contributed by atoms with van der Waals surface area (Å²) in [6, 6.07) is 13.9. The van der Waals surface area contributed by atoms with E-state index in [2.05, 4.69) is 10.6 Å². The Labute approximate surface area is 193 Å². The number of phenolic OH excluding ortho intramolecular Hbond substituents is 1. The summed E-state index contributed by atoms with van der Waals surface area (Å²) in [6.07, 6.45) is 1.73. The lowest BCUT2D eigenvalue weighted by molar-refractivity contribution is -0.138. The van der Waals surface area contributed by atoms with Crippen molar-refractivity contribution in [3.8, 4) is 5.75 Å². The number of nitrogens with zero attached hydrogens (tertiary/aromatic N) is 2. The van der Waals surface area contributed by atoms with Crippen molar-refractivity contribution >= 4 is 23.4 Å². The number of imide groups is 1. The molecule has 0 aliphatic carbocycles. The van der Waals surface area contributed by atoms with Crippen LogP contribution in [-0.2, 0) is 16.1 Å². The zero-order chi connectivity index (χ0) is 24.1. The first-order chi connectivity index (χ1) is 15.7. The normalized spacial score (nSPS) is 14.5. The van der Waals surface area contributed by atoms with Crippen LogP contribution >= 0.6 is 0 Å². The number of hydrogen-bond donors (Lipinski definition) is 3. The van der Waals surface area contributed by atoms with Crippen molar-refractivity contribution in [2.24, 2.45) is 0 Å². The van der Waals surface area contributed by atoms with Gasteiger partial charge in [0.25, 0.3) is 17.7 Å². The Bertz CT molecular complexity index is 1080. The number of anilines is 1. The third-order valence-corrected chi connectivity index (χ3v) is 5.40. The average Bonchev–Trinajstić information content (AvgIpc) is 2.99. The molecule has 0 saturated carbocycles. The molecule has 1 unspecified atom stereocenters. The number of hydrogen-bond acceptors (Lipinski definition) is 6. The van der Waals surface area contributed by atoms with E-state index < -0.39 is 11.8 Å². The van der Waals surface area contributed by atoms with Crippen LogP contribution in [0.1, 0.15) is 42.6 Å². The van der Waals surface area contributed by atoms with Crippen LogP contribution in [0.25, 0.3) is 0 Å². The SMILES string of the molecule is CCCC(C)NC1=C(Nc2cccc(C(=O)N(C)C)c2O)C(=O)N(Cc2ccccc2)C1=O. The van der Waals surface area contributed by atoms with E-state index in [9.17, 15) is 19.5 Å². The first kappa shape index (κ1) is 23.8. The lowest BCUT2D eigenvalue weighted by Gasteiger charge is -2.17. The Morgan fingerprint density at radius 1 is 1.03 bits per heavy atom. The molecule has 3 N–H and O–H groups in total. The van der Waals surface area contributed by atoms with Crippen molar-refractivity contribution in [2.45, 2.75) is 39.3 Å². The summed E-state index contributed by atoms with van der Waals surface area (Å²) >= 11 is 0. The van der Waals surface area contributed by atoms with Crippen LogP contribution in [0.3, 0.4) is 0 Å². The van der Waals surface area contributed by atoms with Crippen molar-refractivity contribution in [1.29, 1.82) is 0 Å². The second-order valence-electron chi connectivity index (χ2n) is 8.29. The highest BCUT2D eigenvalue weighted by Crippen LogP contribution is 2.32. The van der Waals surface area contributed by atoms with Crippen molar-refractivity contribution in [1.82, 2.24) is 15.1 Å². The van der Waals surface area contributed by atoms with Crippen LogP contribution in [0.15, 0.2) is 59.9 Å². The van der Waals surface area contributed by atoms with Crippen molar-refractivity contribution in [3.05, 3.63) is 71.1 Å². The zero-order valence-corrected chi connectivity index (χ0v) is 19.4. The highest BCUT2D eigenvalue weighted by Gasteiger charge is 2.39. The molecule has 0 saturated heterocycles. The molecule has 1 heterocycles. The molecular weight excluding hydrogens is 420 g/mol. The predicted molar refractivity (Wildman–Crippen MR) is 126 cm³/mol. The maximum Gasteiger partial charge on any atom is 0.279 e. The van der Waals surface area contributed by atoms with Crippen molar-refractivity contribution < 1.29 is 19.5 Å². The summed E-state index contributed by atoms with van der Waals surface area (Å²) in [5.74, 6) is -1.60. The topological polar surface area (TPSA) is 102 Å². The number of benzene rings is 2. The number of aromatic hydroxyl groups is 1. The fraction of sp³-hybridized carbons (Fsp3) is 0.320. The van der Waals surface area contributed by atoms with E-state index in [4.69, 9.17) is 0 Å². The minimum atomic E-state index is -0.501. The van der Waals surface area contributed by atoms with Gasteiger partial charge in [0, 0.05) is 20.1 Å². The molecule has 8 nitrogen and oxygen atoms in total. The number of nitrogens with one attached hydrogen (secondary N) is 2. The molecule has 2 aromatic rings. The van der Waals surface area contributed by atoms with Crippen molar-refractivity contribution in [3.63, 3.8) is 0 Å². The lowest BCUT2D eigenvalue weighted by Crippen LogP contribution is -2.35. The maximum atomic E-state index is 13.3. The molecule has 2 aromatic carbocycles. The van der Waals surface area contributed by atoms with Gasteiger partial charge in [-0.2, -0.15) is 0 Å². The maximum absolute atomic E-state index is 13.3. The quantitative estimate of drug-likeness (QED) is 0.401.